The number of carbonyl (C=O) groups is 2. The number of nitrogens with two attached hydrogens (primary N) is 1. The van der Waals surface area contributed by atoms with E-state index in [4.69, 9.17) is 10.4 Å². The second-order valence-corrected chi connectivity index (χ2v) is 6.92. The molecule has 0 heterocycles. The lowest BCUT2D eigenvalue weighted by Crippen LogP contribution is -2.28. The average Bonchev–Trinajstić information content (AvgIpc) is 2.52. The molecule has 0 radical (unpaired) electrons. The zero-order valence-electron chi connectivity index (χ0n) is 13.3. The Balaban J connectivity index is 2.41. The first-order valence-corrected chi connectivity index (χ1v) is 8.83. The first kappa shape index (κ1) is 19.6. The van der Waals surface area contributed by atoms with E-state index >= 15 is 0 Å². The third-order valence-electron chi connectivity index (χ3n) is 3.27. The zero-order chi connectivity index (χ0) is 18.2. The Morgan fingerprint density at radius 1 is 1.25 bits per heavy atom. The van der Waals surface area contributed by atoms with Crippen molar-refractivity contribution < 1.29 is 18.0 Å². The number of hydrogen-bond acceptors (Lipinski definition) is 5. The summed E-state index contributed by atoms with van der Waals surface area (Å²) in [5, 5.41) is 18.5. The molecular weight excluding hydrogens is 332 g/mol. The third-order valence-corrected chi connectivity index (χ3v) is 4.20. The first-order chi connectivity index (χ1) is 11.2. The van der Waals surface area contributed by atoms with Gasteiger partial charge < -0.3 is 10.6 Å². The standard InChI is InChI=1S/C15H20N4O4S/c1-11(10-14(20)18-9-7-16)6-8-19-15(21)12-2-4-13(5-3-12)24(17,22)23/h2-5,11H,6,8-10H2,1H3,(H,18,20)(H,19,21)(H2,17,22,23). The van der Waals surface area contributed by atoms with E-state index in [2.05, 4.69) is 10.6 Å². The fraction of sp³-hybridized carbons (Fsp3) is 0.400. The van der Waals surface area contributed by atoms with Crippen LogP contribution in [-0.4, -0.2) is 33.3 Å². The number of amides is 2. The molecule has 24 heavy (non-hydrogen) atoms. The van der Waals surface area contributed by atoms with E-state index in [1.165, 1.54) is 24.3 Å². The molecule has 0 spiro atoms. The Bertz CT molecular complexity index is 723. The van der Waals surface area contributed by atoms with E-state index in [-0.39, 0.29) is 35.6 Å². The van der Waals surface area contributed by atoms with Gasteiger partial charge in [-0.25, -0.2) is 13.6 Å². The Labute approximate surface area is 141 Å². The molecular formula is C15H20N4O4S. The summed E-state index contributed by atoms with van der Waals surface area (Å²) in [6, 6.07) is 7.13. The van der Waals surface area contributed by atoms with Crippen LogP contribution < -0.4 is 15.8 Å². The van der Waals surface area contributed by atoms with E-state index in [1.54, 1.807) is 0 Å². The number of nitrogens with zero attached hydrogens (tertiary/aromatic N) is 1. The predicted molar refractivity (Wildman–Crippen MR) is 87.2 cm³/mol. The summed E-state index contributed by atoms with van der Waals surface area (Å²) in [4.78, 5) is 23.3. The van der Waals surface area contributed by atoms with Gasteiger partial charge in [0.15, 0.2) is 0 Å². The van der Waals surface area contributed by atoms with E-state index in [1.807, 2.05) is 13.0 Å². The van der Waals surface area contributed by atoms with Gasteiger partial charge in [-0.05, 0) is 36.6 Å². The molecule has 0 aliphatic rings. The Hall–Kier alpha value is -2.44. The average molecular weight is 352 g/mol. The van der Waals surface area contributed by atoms with Crippen LogP contribution >= 0.6 is 0 Å². The van der Waals surface area contributed by atoms with Gasteiger partial charge in [0.25, 0.3) is 5.91 Å². The Morgan fingerprint density at radius 2 is 1.88 bits per heavy atom. The summed E-state index contributed by atoms with van der Waals surface area (Å²) in [7, 11) is -3.78. The number of carbonyl (C=O) groups excluding carboxylic acids is 2. The van der Waals surface area contributed by atoms with Crippen molar-refractivity contribution in [1.29, 1.82) is 5.26 Å². The van der Waals surface area contributed by atoms with Gasteiger partial charge in [0.05, 0.1) is 11.0 Å². The Kier molecular flexibility index (Phi) is 7.35. The molecule has 1 rings (SSSR count). The van der Waals surface area contributed by atoms with Crippen molar-refractivity contribution in [2.75, 3.05) is 13.1 Å². The molecule has 2 amide bonds. The summed E-state index contributed by atoms with van der Waals surface area (Å²) in [5.74, 6) is -0.486. The molecule has 8 nitrogen and oxygen atoms in total. The van der Waals surface area contributed by atoms with Crippen molar-refractivity contribution in [1.82, 2.24) is 10.6 Å². The molecule has 9 heteroatoms. The number of sulfonamides is 1. The SMILES string of the molecule is CC(CCNC(=O)c1ccc(S(N)(=O)=O)cc1)CC(=O)NCC#N. The highest BCUT2D eigenvalue weighted by atomic mass is 32.2. The van der Waals surface area contributed by atoms with Crippen molar-refractivity contribution in [2.45, 2.75) is 24.7 Å². The molecule has 0 saturated carbocycles. The summed E-state index contributed by atoms with van der Waals surface area (Å²) in [5.41, 5.74) is 0.321. The topological polar surface area (TPSA) is 142 Å². The molecule has 0 fully saturated rings. The fourth-order valence-electron chi connectivity index (χ4n) is 1.96. The van der Waals surface area contributed by atoms with Gasteiger partial charge in [0.1, 0.15) is 6.54 Å². The van der Waals surface area contributed by atoms with Crippen LogP contribution in [0.1, 0.15) is 30.1 Å². The summed E-state index contributed by atoms with van der Waals surface area (Å²) < 4.78 is 22.3. The third kappa shape index (κ3) is 6.76. The second-order valence-electron chi connectivity index (χ2n) is 5.36. The highest BCUT2D eigenvalue weighted by molar-refractivity contribution is 7.89. The minimum atomic E-state index is -3.78. The first-order valence-electron chi connectivity index (χ1n) is 7.28. The minimum absolute atomic E-state index is 0.0171. The summed E-state index contributed by atoms with van der Waals surface area (Å²) >= 11 is 0. The largest absolute Gasteiger partial charge is 0.352 e. The Morgan fingerprint density at radius 3 is 2.42 bits per heavy atom. The van der Waals surface area contributed by atoms with E-state index in [9.17, 15) is 18.0 Å². The maximum Gasteiger partial charge on any atom is 0.251 e. The highest BCUT2D eigenvalue weighted by Crippen LogP contribution is 2.09. The van der Waals surface area contributed by atoms with Crippen molar-refractivity contribution in [2.24, 2.45) is 11.1 Å². The van der Waals surface area contributed by atoms with Gasteiger partial charge in [-0.1, -0.05) is 6.92 Å². The van der Waals surface area contributed by atoms with Crippen molar-refractivity contribution >= 4 is 21.8 Å². The maximum absolute atomic E-state index is 11.9. The van der Waals surface area contributed by atoms with Gasteiger partial charge >= 0.3 is 0 Å². The van der Waals surface area contributed by atoms with Crippen molar-refractivity contribution in [3.05, 3.63) is 29.8 Å². The van der Waals surface area contributed by atoms with E-state index in [0.717, 1.165) is 0 Å². The molecule has 0 aliphatic heterocycles. The van der Waals surface area contributed by atoms with Crippen LogP contribution in [0, 0.1) is 17.2 Å². The molecule has 4 N–H and O–H groups in total. The molecule has 1 atom stereocenters. The van der Waals surface area contributed by atoms with Crippen molar-refractivity contribution in [3.63, 3.8) is 0 Å². The van der Waals surface area contributed by atoms with Crippen LogP contribution in [0.2, 0.25) is 0 Å². The number of benzene rings is 1. The number of nitrogens with one attached hydrogen (secondary N) is 2. The fourth-order valence-corrected chi connectivity index (χ4v) is 2.47. The molecule has 0 aromatic heterocycles. The molecule has 1 unspecified atom stereocenters. The predicted octanol–water partition coefficient (Wildman–Crippen LogP) is 0.120. The van der Waals surface area contributed by atoms with Gasteiger partial charge in [-0.15, -0.1) is 0 Å². The minimum Gasteiger partial charge on any atom is -0.352 e. The number of hydrogen-bond donors (Lipinski definition) is 3. The smallest absolute Gasteiger partial charge is 0.251 e. The second kappa shape index (κ2) is 9.00. The monoisotopic (exact) mass is 352 g/mol. The van der Waals surface area contributed by atoms with Gasteiger partial charge in [0, 0.05) is 18.5 Å². The molecule has 0 bridgehead atoms. The van der Waals surface area contributed by atoms with Crippen LogP contribution in [-0.2, 0) is 14.8 Å². The van der Waals surface area contributed by atoms with Crippen LogP contribution in [0.3, 0.4) is 0 Å². The lowest BCUT2D eigenvalue weighted by Gasteiger charge is -2.11. The number of primary sulfonamides is 1. The van der Waals surface area contributed by atoms with Crippen LogP contribution in [0.25, 0.3) is 0 Å². The van der Waals surface area contributed by atoms with Crippen molar-refractivity contribution in [3.8, 4) is 6.07 Å². The van der Waals surface area contributed by atoms with Crippen LogP contribution in [0.15, 0.2) is 29.2 Å². The molecule has 0 aliphatic carbocycles. The molecule has 130 valence electrons. The zero-order valence-corrected chi connectivity index (χ0v) is 14.1. The molecule has 0 saturated heterocycles. The highest BCUT2D eigenvalue weighted by Gasteiger charge is 2.12. The number of rotatable bonds is 8. The van der Waals surface area contributed by atoms with Gasteiger partial charge in [0.2, 0.25) is 15.9 Å². The summed E-state index contributed by atoms with van der Waals surface area (Å²) in [6.45, 7) is 2.23. The van der Waals surface area contributed by atoms with Crippen LogP contribution in [0.5, 0.6) is 0 Å². The van der Waals surface area contributed by atoms with E-state index < -0.39 is 10.0 Å². The maximum atomic E-state index is 11.9. The normalized spacial score (nSPS) is 12.0. The lowest BCUT2D eigenvalue weighted by molar-refractivity contribution is -0.121. The van der Waals surface area contributed by atoms with E-state index in [0.29, 0.717) is 18.5 Å². The van der Waals surface area contributed by atoms with Crippen LogP contribution in [0.4, 0.5) is 0 Å². The lowest BCUT2D eigenvalue weighted by atomic mass is 10.0. The van der Waals surface area contributed by atoms with Gasteiger partial charge in [-0.3, -0.25) is 9.59 Å². The number of nitriles is 1. The molecule has 1 aromatic carbocycles. The molecule has 1 aromatic rings. The quantitative estimate of drug-likeness (QED) is 0.570. The van der Waals surface area contributed by atoms with Gasteiger partial charge in [-0.2, -0.15) is 5.26 Å². The summed E-state index contributed by atoms with van der Waals surface area (Å²) in [6.07, 6.45) is 0.877.